The Hall–Kier alpha value is -0.760. The zero-order valence-corrected chi connectivity index (χ0v) is 6.46. The van der Waals surface area contributed by atoms with Crippen LogP contribution in [0.5, 0.6) is 0 Å². The van der Waals surface area contributed by atoms with Crippen LogP contribution in [0.3, 0.4) is 0 Å². The fourth-order valence-corrected chi connectivity index (χ4v) is 1.82. The lowest BCUT2D eigenvalue weighted by Crippen LogP contribution is -2.23. The first-order chi connectivity index (χ1) is 5.40. The van der Waals surface area contributed by atoms with Crippen LogP contribution in [0.1, 0.15) is 12.8 Å². The lowest BCUT2D eigenvalue weighted by Gasteiger charge is -2.10. The lowest BCUT2D eigenvalue weighted by atomic mass is 9.96. The molecule has 0 bridgehead atoms. The molecule has 0 saturated carbocycles. The van der Waals surface area contributed by atoms with Gasteiger partial charge in [0.2, 0.25) is 0 Å². The number of aliphatic hydroxyl groups is 1. The summed E-state index contributed by atoms with van der Waals surface area (Å²) < 4.78 is 0. The van der Waals surface area contributed by atoms with E-state index in [0.29, 0.717) is 12.0 Å². The van der Waals surface area contributed by atoms with Gasteiger partial charge >= 0.3 is 0 Å². The van der Waals surface area contributed by atoms with E-state index < -0.39 is 0 Å². The van der Waals surface area contributed by atoms with Crippen molar-refractivity contribution in [3.63, 3.8) is 0 Å². The summed E-state index contributed by atoms with van der Waals surface area (Å²) >= 11 is 0. The van der Waals surface area contributed by atoms with Crippen molar-refractivity contribution in [1.82, 2.24) is 5.32 Å². The second-order valence-electron chi connectivity index (χ2n) is 3.24. The predicted octanol–water partition coefficient (Wildman–Crippen LogP) is 0.801. The van der Waals surface area contributed by atoms with Gasteiger partial charge in [0, 0.05) is 17.7 Å². The number of allylic oxidation sites excluding steroid dienone is 4. The number of rotatable bonds is 1. The summed E-state index contributed by atoms with van der Waals surface area (Å²) in [5.41, 5.74) is 1.31. The molecule has 0 aromatic carbocycles. The zero-order chi connectivity index (χ0) is 7.68. The minimum atomic E-state index is 0.258. The van der Waals surface area contributed by atoms with Crippen molar-refractivity contribution in [2.75, 3.05) is 6.61 Å². The maximum Gasteiger partial charge on any atom is 0.0632 e. The summed E-state index contributed by atoms with van der Waals surface area (Å²) in [5, 5.41) is 12.2. The topological polar surface area (TPSA) is 32.3 Å². The van der Waals surface area contributed by atoms with E-state index >= 15 is 0 Å². The molecular weight excluding hydrogens is 138 g/mol. The van der Waals surface area contributed by atoms with Crippen molar-refractivity contribution >= 4 is 0 Å². The van der Waals surface area contributed by atoms with Crippen LogP contribution in [-0.2, 0) is 0 Å². The molecule has 0 spiro atoms. The normalized spacial score (nSPS) is 34.5. The molecular formula is C9H13NO. The molecule has 1 aliphatic carbocycles. The van der Waals surface area contributed by atoms with Gasteiger partial charge in [-0.1, -0.05) is 12.2 Å². The van der Waals surface area contributed by atoms with Gasteiger partial charge in [0.1, 0.15) is 0 Å². The molecule has 60 valence electrons. The Bertz CT molecular complexity index is 208. The highest BCUT2D eigenvalue weighted by Gasteiger charge is 2.27. The molecule has 2 nitrogen and oxygen atoms in total. The Morgan fingerprint density at radius 2 is 2.55 bits per heavy atom. The fourth-order valence-electron chi connectivity index (χ4n) is 1.82. The Morgan fingerprint density at radius 1 is 1.64 bits per heavy atom. The summed E-state index contributed by atoms with van der Waals surface area (Å²) in [6.45, 7) is 0.258. The molecule has 0 aromatic rings. The van der Waals surface area contributed by atoms with Crippen LogP contribution in [0.2, 0.25) is 0 Å². The Kier molecular flexibility index (Phi) is 1.70. The Balaban J connectivity index is 2.09. The number of nitrogens with one attached hydrogen (secondary N) is 1. The molecule has 2 heteroatoms. The number of hydrogen-bond donors (Lipinski definition) is 2. The maximum absolute atomic E-state index is 8.90. The van der Waals surface area contributed by atoms with Gasteiger partial charge in [0.15, 0.2) is 0 Å². The molecule has 1 aliphatic heterocycles. The van der Waals surface area contributed by atoms with Crippen LogP contribution in [0, 0.1) is 5.92 Å². The van der Waals surface area contributed by atoms with Crippen LogP contribution in [0.15, 0.2) is 23.9 Å². The van der Waals surface area contributed by atoms with Crippen molar-refractivity contribution in [2.45, 2.75) is 18.9 Å². The van der Waals surface area contributed by atoms with Gasteiger partial charge in [-0.25, -0.2) is 0 Å². The Morgan fingerprint density at radius 3 is 3.27 bits per heavy atom. The zero-order valence-electron chi connectivity index (χ0n) is 6.46. The van der Waals surface area contributed by atoms with Gasteiger partial charge in [-0.05, 0) is 18.9 Å². The van der Waals surface area contributed by atoms with Gasteiger partial charge in [-0.3, -0.25) is 0 Å². The molecule has 2 unspecified atom stereocenters. The third-order valence-corrected chi connectivity index (χ3v) is 2.43. The number of fused-ring (bicyclic) bond motifs is 1. The molecule has 0 aromatic heterocycles. The predicted molar refractivity (Wildman–Crippen MR) is 44.0 cm³/mol. The van der Waals surface area contributed by atoms with Crippen LogP contribution in [-0.4, -0.2) is 17.8 Å². The summed E-state index contributed by atoms with van der Waals surface area (Å²) in [6, 6.07) is 0.297. The second-order valence-corrected chi connectivity index (χ2v) is 3.24. The molecule has 2 N–H and O–H groups in total. The molecule has 1 fully saturated rings. The largest absolute Gasteiger partial charge is 0.394 e. The second kappa shape index (κ2) is 2.70. The lowest BCUT2D eigenvalue weighted by molar-refractivity contribution is 0.253. The van der Waals surface area contributed by atoms with Crippen molar-refractivity contribution < 1.29 is 5.11 Å². The average Bonchev–Trinajstić information content (AvgIpc) is 2.46. The molecule has 0 amide bonds. The third kappa shape index (κ3) is 1.18. The Labute approximate surface area is 66.6 Å². The summed E-state index contributed by atoms with van der Waals surface area (Å²) in [4.78, 5) is 0. The van der Waals surface area contributed by atoms with Crippen molar-refractivity contribution in [3.8, 4) is 0 Å². The smallest absolute Gasteiger partial charge is 0.0632 e. The van der Waals surface area contributed by atoms with Crippen molar-refractivity contribution in [2.24, 2.45) is 5.92 Å². The average molecular weight is 151 g/mol. The first-order valence-corrected chi connectivity index (χ1v) is 4.14. The highest BCUT2D eigenvalue weighted by atomic mass is 16.3. The number of aliphatic hydroxyl groups excluding tert-OH is 1. The van der Waals surface area contributed by atoms with E-state index in [1.807, 2.05) is 0 Å². The fraction of sp³-hybridized carbons (Fsp3) is 0.556. The molecule has 2 atom stereocenters. The molecule has 11 heavy (non-hydrogen) atoms. The molecule has 1 saturated heterocycles. The molecule has 1 heterocycles. The summed E-state index contributed by atoms with van der Waals surface area (Å²) in [5.74, 6) is 0.650. The van der Waals surface area contributed by atoms with Crippen LogP contribution < -0.4 is 5.32 Å². The van der Waals surface area contributed by atoms with E-state index in [0.717, 1.165) is 12.8 Å². The monoisotopic (exact) mass is 151 g/mol. The first kappa shape index (κ1) is 6.92. The van der Waals surface area contributed by atoms with Crippen molar-refractivity contribution in [1.29, 1.82) is 0 Å². The van der Waals surface area contributed by atoms with E-state index in [9.17, 15) is 0 Å². The maximum atomic E-state index is 8.90. The standard InChI is InChI=1S/C9H13NO/c11-6-8-5-7-3-1-2-4-9(7)10-8/h1-2,4,7-8,10-11H,3,5-6H2. The van der Waals surface area contributed by atoms with Gasteiger partial charge in [0.05, 0.1) is 6.61 Å². The van der Waals surface area contributed by atoms with Crippen LogP contribution in [0.25, 0.3) is 0 Å². The molecule has 2 rings (SSSR count). The van der Waals surface area contributed by atoms with Crippen LogP contribution in [0.4, 0.5) is 0 Å². The quantitative estimate of drug-likeness (QED) is 0.581. The minimum absolute atomic E-state index is 0.258. The highest BCUT2D eigenvalue weighted by Crippen LogP contribution is 2.29. The third-order valence-electron chi connectivity index (χ3n) is 2.43. The van der Waals surface area contributed by atoms with Gasteiger partial charge in [-0.2, -0.15) is 0 Å². The molecule has 2 aliphatic rings. The van der Waals surface area contributed by atoms with Crippen molar-refractivity contribution in [3.05, 3.63) is 23.9 Å². The van der Waals surface area contributed by atoms with E-state index in [1.54, 1.807) is 0 Å². The molecule has 0 radical (unpaired) electrons. The number of hydrogen-bond acceptors (Lipinski definition) is 2. The SMILES string of the molecule is OCC1CC2CC=CC=C2N1. The highest BCUT2D eigenvalue weighted by molar-refractivity contribution is 5.23. The van der Waals surface area contributed by atoms with E-state index in [4.69, 9.17) is 5.11 Å². The first-order valence-electron chi connectivity index (χ1n) is 4.14. The van der Waals surface area contributed by atoms with Gasteiger partial charge < -0.3 is 10.4 Å². The van der Waals surface area contributed by atoms with Gasteiger partial charge in [-0.15, -0.1) is 0 Å². The van der Waals surface area contributed by atoms with Gasteiger partial charge in [0.25, 0.3) is 0 Å². The minimum Gasteiger partial charge on any atom is -0.394 e. The van der Waals surface area contributed by atoms with E-state index in [2.05, 4.69) is 23.5 Å². The van der Waals surface area contributed by atoms with E-state index in [1.165, 1.54) is 5.70 Å². The summed E-state index contributed by atoms with van der Waals surface area (Å²) in [7, 11) is 0. The van der Waals surface area contributed by atoms with Crippen LogP contribution >= 0.6 is 0 Å². The summed E-state index contributed by atoms with van der Waals surface area (Å²) in [6.07, 6.45) is 8.61. The van der Waals surface area contributed by atoms with E-state index in [-0.39, 0.29) is 6.61 Å².